The van der Waals surface area contributed by atoms with Crippen molar-refractivity contribution in [3.05, 3.63) is 23.9 Å². The Hall–Kier alpha value is -0.850. The summed E-state index contributed by atoms with van der Waals surface area (Å²) in [5.41, 5.74) is 3.83. The summed E-state index contributed by atoms with van der Waals surface area (Å²) in [6.45, 7) is 6.21. The summed E-state index contributed by atoms with van der Waals surface area (Å²) in [4.78, 5) is 4.52. The van der Waals surface area contributed by atoms with Gasteiger partial charge in [-0.3, -0.25) is 4.99 Å². The summed E-state index contributed by atoms with van der Waals surface area (Å²) in [5.74, 6) is 0.781. The van der Waals surface area contributed by atoms with Gasteiger partial charge < -0.3 is 0 Å². The van der Waals surface area contributed by atoms with Crippen LogP contribution < -0.4 is 0 Å². The molecular weight excluding hydrogens is 182 g/mol. The van der Waals surface area contributed by atoms with Crippen molar-refractivity contribution in [1.82, 2.24) is 0 Å². The first kappa shape index (κ1) is 10.7. The number of hydrogen-bond donors (Lipinski definition) is 0. The van der Waals surface area contributed by atoms with Crippen molar-refractivity contribution < 1.29 is 0 Å². The van der Waals surface area contributed by atoms with Crippen LogP contribution in [-0.4, -0.2) is 5.71 Å². The minimum Gasteiger partial charge on any atom is -0.254 e. The van der Waals surface area contributed by atoms with E-state index in [0.717, 1.165) is 11.6 Å². The average molecular weight is 203 g/mol. The normalized spacial score (nSPS) is 24.9. The van der Waals surface area contributed by atoms with E-state index in [9.17, 15) is 0 Å². The fourth-order valence-corrected chi connectivity index (χ4v) is 2.70. The summed E-state index contributed by atoms with van der Waals surface area (Å²) >= 11 is 0. The molecule has 0 radical (unpaired) electrons. The van der Waals surface area contributed by atoms with Crippen molar-refractivity contribution in [2.45, 2.75) is 51.9 Å². The van der Waals surface area contributed by atoms with Crippen LogP contribution in [0.2, 0.25) is 0 Å². The van der Waals surface area contributed by atoms with Gasteiger partial charge in [0.1, 0.15) is 0 Å². The molecule has 0 aromatic rings. The second-order valence-corrected chi connectivity index (χ2v) is 4.73. The standard InChI is InChI=1S/C14H21N/c1-3-4-5-7-12-8-6-9-14-13(12)10-11(2)15-14/h10,12H,2-9H2,1H3. The second-order valence-electron chi connectivity index (χ2n) is 4.73. The highest BCUT2D eigenvalue weighted by Crippen LogP contribution is 2.35. The third-order valence-corrected chi connectivity index (χ3v) is 3.50. The third kappa shape index (κ3) is 2.39. The predicted molar refractivity (Wildman–Crippen MR) is 66.1 cm³/mol. The highest BCUT2D eigenvalue weighted by molar-refractivity contribution is 6.04. The van der Waals surface area contributed by atoms with Gasteiger partial charge in [-0.05, 0) is 43.3 Å². The molecule has 0 N–H and O–H groups in total. The van der Waals surface area contributed by atoms with Crippen molar-refractivity contribution in [3.8, 4) is 0 Å². The summed E-state index contributed by atoms with van der Waals surface area (Å²) in [6.07, 6.45) is 11.5. The maximum atomic E-state index is 4.52. The van der Waals surface area contributed by atoms with Crippen LogP contribution in [0.15, 0.2) is 28.9 Å². The average Bonchev–Trinajstić information content (AvgIpc) is 2.59. The van der Waals surface area contributed by atoms with Crippen molar-refractivity contribution >= 4 is 5.71 Å². The molecule has 0 aromatic carbocycles. The molecule has 0 spiro atoms. The Labute approximate surface area is 93.0 Å². The second kappa shape index (κ2) is 4.78. The molecule has 0 aromatic heterocycles. The fourth-order valence-electron chi connectivity index (χ4n) is 2.70. The zero-order valence-electron chi connectivity index (χ0n) is 9.76. The molecule has 1 fully saturated rings. The molecule has 15 heavy (non-hydrogen) atoms. The van der Waals surface area contributed by atoms with E-state index in [4.69, 9.17) is 0 Å². The molecule has 0 amide bonds. The van der Waals surface area contributed by atoms with Crippen LogP contribution in [0.3, 0.4) is 0 Å². The SMILES string of the molecule is C=C1C=C2C(=N1)CCCC2CCCCC. The van der Waals surface area contributed by atoms with Crippen molar-refractivity contribution in [3.63, 3.8) is 0 Å². The number of nitrogens with zero attached hydrogens (tertiary/aromatic N) is 1. The number of rotatable bonds is 4. The van der Waals surface area contributed by atoms with Gasteiger partial charge in [0, 0.05) is 5.71 Å². The molecule has 1 heterocycles. The summed E-state index contributed by atoms with van der Waals surface area (Å²) in [5, 5.41) is 0. The zero-order valence-corrected chi connectivity index (χ0v) is 9.76. The monoisotopic (exact) mass is 203 g/mol. The van der Waals surface area contributed by atoms with Crippen molar-refractivity contribution in [2.24, 2.45) is 10.9 Å². The minimum absolute atomic E-state index is 0.781. The van der Waals surface area contributed by atoms with Crippen molar-refractivity contribution in [1.29, 1.82) is 0 Å². The number of aliphatic imine (C=N–C) groups is 1. The summed E-state index contributed by atoms with van der Waals surface area (Å²) in [7, 11) is 0. The van der Waals surface area contributed by atoms with E-state index in [-0.39, 0.29) is 0 Å². The van der Waals surface area contributed by atoms with Gasteiger partial charge in [0.05, 0.1) is 5.70 Å². The lowest BCUT2D eigenvalue weighted by Crippen LogP contribution is -2.17. The number of unbranched alkanes of at least 4 members (excludes halogenated alkanes) is 2. The molecule has 82 valence electrons. The maximum Gasteiger partial charge on any atom is 0.0564 e. The molecule has 1 heteroatoms. The van der Waals surface area contributed by atoms with Gasteiger partial charge in [-0.15, -0.1) is 0 Å². The van der Waals surface area contributed by atoms with E-state index >= 15 is 0 Å². The highest BCUT2D eigenvalue weighted by atomic mass is 14.8. The quantitative estimate of drug-likeness (QED) is 0.605. The first-order chi connectivity index (χ1) is 7.31. The first-order valence-corrected chi connectivity index (χ1v) is 6.29. The van der Waals surface area contributed by atoms with E-state index in [1.165, 1.54) is 56.2 Å². The zero-order chi connectivity index (χ0) is 10.7. The van der Waals surface area contributed by atoms with Crippen molar-refractivity contribution in [2.75, 3.05) is 0 Å². The Balaban J connectivity index is 1.97. The highest BCUT2D eigenvalue weighted by Gasteiger charge is 2.26. The number of fused-ring (bicyclic) bond motifs is 1. The minimum atomic E-state index is 0.781. The molecule has 1 aliphatic heterocycles. The molecule has 0 bridgehead atoms. The smallest absolute Gasteiger partial charge is 0.0564 e. The molecule has 2 aliphatic rings. The van der Waals surface area contributed by atoms with Gasteiger partial charge in [-0.25, -0.2) is 0 Å². The Morgan fingerprint density at radius 1 is 1.47 bits per heavy atom. The van der Waals surface area contributed by atoms with Gasteiger partial charge in [-0.1, -0.05) is 32.8 Å². The molecule has 1 atom stereocenters. The Bertz CT molecular complexity index is 309. The van der Waals surface area contributed by atoms with Crippen LogP contribution in [0.5, 0.6) is 0 Å². The maximum absolute atomic E-state index is 4.52. The van der Waals surface area contributed by atoms with Crippen LogP contribution in [-0.2, 0) is 0 Å². The van der Waals surface area contributed by atoms with Gasteiger partial charge in [0.2, 0.25) is 0 Å². The topological polar surface area (TPSA) is 12.4 Å². The lowest BCUT2D eigenvalue weighted by Gasteiger charge is -2.24. The largest absolute Gasteiger partial charge is 0.254 e. The van der Waals surface area contributed by atoms with E-state index in [1.807, 2.05) is 0 Å². The van der Waals surface area contributed by atoms with Crippen LogP contribution in [0.25, 0.3) is 0 Å². The van der Waals surface area contributed by atoms with Crippen LogP contribution in [0.1, 0.15) is 51.9 Å². The Kier molecular flexibility index (Phi) is 3.40. The Morgan fingerprint density at radius 3 is 3.13 bits per heavy atom. The number of hydrogen-bond acceptors (Lipinski definition) is 1. The predicted octanol–water partition coefficient (Wildman–Crippen LogP) is 4.26. The molecular formula is C14H21N. The Morgan fingerprint density at radius 2 is 2.33 bits per heavy atom. The lowest BCUT2D eigenvalue weighted by molar-refractivity contribution is 0.471. The van der Waals surface area contributed by atoms with E-state index in [0.29, 0.717) is 0 Å². The summed E-state index contributed by atoms with van der Waals surface area (Å²) < 4.78 is 0. The van der Waals surface area contributed by atoms with Crippen LogP contribution >= 0.6 is 0 Å². The van der Waals surface area contributed by atoms with Crippen LogP contribution in [0, 0.1) is 5.92 Å². The molecule has 0 saturated heterocycles. The van der Waals surface area contributed by atoms with Gasteiger partial charge in [0.15, 0.2) is 0 Å². The molecule has 1 saturated carbocycles. The molecule has 1 nitrogen and oxygen atoms in total. The lowest BCUT2D eigenvalue weighted by atomic mass is 9.80. The van der Waals surface area contributed by atoms with Gasteiger partial charge >= 0.3 is 0 Å². The third-order valence-electron chi connectivity index (χ3n) is 3.50. The molecule has 1 unspecified atom stereocenters. The van der Waals surface area contributed by atoms with E-state index in [1.54, 1.807) is 0 Å². The van der Waals surface area contributed by atoms with Crippen LogP contribution in [0.4, 0.5) is 0 Å². The van der Waals surface area contributed by atoms with E-state index in [2.05, 4.69) is 24.6 Å². The van der Waals surface area contributed by atoms with Gasteiger partial charge in [-0.2, -0.15) is 0 Å². The molecule has 2 rings (SSSR count). The molecule has 1 aliphatic carbocycles. The summed E-state index contributed by atoms with van der Waals surface area (Å²) in [6, 6.07) is 0. The fraction of sp³-hybridized carbons (Fsp3) is 0.643. The van der Waals surface area contributed by atoms with Gasteiger partial charge in [0.25, 0.3) is 0 Å². The first-order valence-electron chi connectivity index (χ1n) is 6.29. The van der Waals surface area contributed by atoms with E-state index < -0.39 is 0 Å². The number of allylic oxidation sites excluding steroid dienone is 2.